The molecule has 4 aromatic rings. The number of hydrogen-bond acceptors (Lipinski definition) is 1. The van der Waals surface area contributed by atoms with Crippen molar-refractivity contribution in [1.82, 2.24) is 0 Å². The van der Waals surface area contributed by atoms with Gasteiger partial charge in [0.2, 0.25) is 0 Å². The summed E-state index contributed by atoms with van der Waals surface area (Å²) in [5.74, 6) is 0. The van der Waals surface area contributed by atoms with Gasteiger partial charge in [0.15, 0.2) is 0 Å². The first-order valence-corrected chi connectivity index (χ1v) is 8.32. The molecule has 0 N–H and O–H groups in total. The minimum atomic E-state index is 0.145. The van der Waals surface area contributed by atoms with E-state index in [1.54, 1.807) is 24.3 Å². The van der Waals surface area contributed by atoms with Crippen molar-refractivity contribution in [3.05, 3.63) is 29.3 Å². The Morgan fingerprint density at radius 3 is 1.63 bits per heavy atom. The lowest BCUT2D eigenvalue weighted by molar-refractivity contribution is 0.673. The number of rotatable bonds is 1. The van der Waals surface area contributed by atoms with E-state index in [1.807, 2.05) is 0 Å². The van der Waals surface area contributed by atoms with Crippen LogP contribution in [-0.4, -0.2) is 54.9 Å². The zero-order chi connectivity index (χ0) is 19.6. The van der Waals surface area contributed by atoms with Gasteiger partial charge in [-0.15, -0.1) is 16.4 Å². The van der Waals surface area contributed by atoms with Crippen LogP contribution in [-0.2, 0) is 0 Å². The second-order valence-electron chi connectivity index (χ2n) is 6.29. The van der Waals surface area contributed by atoms with Gasteiger partial charge in [0.25, 0.3) is 0 Å². The van der Waals surface area contributed by atoms with Crippen LogP contribution in [0.3, 0.4) is 0 Å². The normalized spacial score (nSPS) is 11.4. The molecule has 3 aromatic carbocycles. The van der Waals surface area contributed by atoms with E-state index >= 15 is 0 Å². The van der Waals surface area contributed by atoms with Gasteiger partial charge in [0.1, 0.15) is 66.1 Å². The highest BCUT2D eigenvalue weighted by atomic mass is 35.5. The van der Waals surface area contributed by atoms with Gasteiger partial charge in [0, 0.05) is 21.4 Å². The van der Waals surface area contributed by atoms with Crippen molar-refractivity contribution >= 4 is 127 Å². The van der Waals surface area contributed by atoms with Crippen LogP contribution in [0.25, 0.3) is 33.1 Å². The van der Waals surface area contributed by atoms with Gasteiger partial charge in [-0.2, -0.15) is 0 Å². The number of benzene rings is 3. The summed E-state index contributed by atoms with van der Waals surface area (Å²) in [6.45, 7) is 0. The van der Waals surface area contributed by atoms with E-state index in [4.69, 9.17) is 70.9 Å². The fourth-order valence-electron chi connectivity index (χ4n) is 3.30. The van der Waals surface area contributed by atoms with Crippen LogP contribution in [0.5, 0.6) is 0 Å². The number of halogens is 1. The number of hydrogen-bond donors (Lipinski definition) is 0. The van der Waals surface area contributed by atoms with E-state index in [9.17, 15) is 0 Å². The monoisotopic (exact) mass is 348 g/mol. The van der Waals surface area contributed by atoms with E-state index in [0.29, 0.717) is 26.9 Å². The smallest absolute Gasteiger partial charge is 0.141 e. The van der Waals surface area contributed by atoms with Crippen molar-refractivity contribution in [2.75, 3.05) is 0 Å². The summed E-state index contributed by atoms with van der Waals surface area (Å²) >= 11 is 5.99. The molecule has 0 fully saturated rings. The fourth-order valence-corrected chi connectivity index (χ4v) is 3.42. The van der Waals surface area contributed by atoms with Crippen molar-refractivity contribution in [1.29, 1.82) is 0 Å². The number of fused-ring (bicyclic) bond motifs is 3. The summed E-state index contributed by atoms with van der Waals surface area (Å²) in [6.07, 6.45) is 0. The average molecular weight is 347 g/mol. The zero-order valence-electron chi connectivity index (χ0n) is 14.1. The van der Waals surface area contributed by atoms with Crippen molar-refractivity contribution in [2.45, 2.75) is 0 Å². The first-order chi connectivity index (χ1) is 12.7. The van der Waals surface area contributed by atoms with E-state index in [2.05, 4.69) is 0 Å². The lowest BCUT2D eigenvalue weighted by Gasteiger charge is -2.16. The van der Waals surface area contributed by atoms with Gasteiger partial charge in [-0.25, -0.2) is 0 Å². The van der Waals surface area contributed by atoms with Crippen LogP contribution in [0.4, 0.5) is 0 Å². The van der Waals surface area contributed by atoms with Crippen LogP contribution in [0.15, 0.2) is 28.7 Å². The average Bonchev–Trinajstić information content (AvgIpc) is 3.05. The maximum Gasteiger partial charge on any atom is 0.141 e. The number of furan rings is 1. The van der Waals surface area contributed by atoms with Crippen molar-refractivity contribution in [2.24, 2.45) is 0 Å². The molecular formula is C18H4B7ClO. The molecule has 1 nitrogen and oxygen atoms in total. The third kappa shape index (κ3) is 2.57. The Kier molecular flexibility index (Phi) is 4.38. The Balaban J connectivity index is 2.28. The molecule has 0 aliphatic heterocycles. The molecule has 0 atom stereocenters. The summed E-state index contributed by atoms with van der Waals surface area (Å²) in [4.78, 5) is 0. The van der Waals surface area contributed by atoms with Crippen LogP contribution in [0, 0.1) is 0 Å². The molecule has 1 heterocycles. The molecule has 110 valence electrons. The third-order valence-electron chi connectivity index (χ3n) is 4.77. The van der Waals surface area contributed by atoms with E-state index < -0.39 is 0 Å². The zero-order valence-corrected chi connectivity index (χ0v) is 14.9. The van der Waals surface area contributed by atoms with Gasteiger partial charge in [-0.3, -0.25) is 0 Å². The van der Waals surface area contributed by atoms with Gasteiger partial charge in [-0.05, 0) is 17.7 Å². The molecule has 0 unspecified atom stereocenters. The van der Waals surface area contributed by atoms with E-state index in [0.717, 1.165) is 5.56 Å². The van der Waals surface area contributed by atoms with Crippen LogP contribution < -0.4 is 38.2 Å². The Bertz CT molecular complexity index is 1250. The SMILES string of the molecule is [B]c1c([B])c([B])c2c(oc3c(-c4ccc(Cl)cc4)c([B])c([B])c([B])c32)c1[B]. The molecule has 1 aromatic heterocycles. The fraction of sp³-hybridized carbons (Fsp3) is 0. The van der Waals surface area contributed by atoms with Crippen LogP contribution in [0.2, 0.25) is 5.02 Å². The minimum Gasteiger partial charge on any atom is -0.456 e. The Hall–Kier alpha value is -1.80. The van der Waals surface area contributed by atoms with Crippen LogP contribution >= 0.6 is 11.6 Å². The predicted octanol–water partition coefficient (Wildman–Crippen LogP) is -2.54. The highest BCUT2D eigenvalue weighted by Gasteiger charge is 2.21. The molecule has 0 bridgehead atoms. The minimum absolute atomic E-state index is 0.145. The van der Waals surface area contributed by atoms with E-state index in [1.165, 1.54) is 0 Å². The molecular weight excluding hydrogens is 343 g/mol. The third-order valence-corrected chi connectivity index (χ3v) is 5.02. The second-order valence-corrected chi connectivity index (χ2v) is 6.72. The molecule has 0 aliphatic rings. The summed E-state index contributed by atoms with van der Waals surface area (Å²) in [6, 6.07) is 7.06. The maximum atomic E-state index is 6.27. The lowest BCUT2D eigenvalue weighted by atomic mass is 9.64. The maximum absolute atomic E-state index is 6.27. The van der Waals surface area contributed by atoms with Gasteiger partial charge < -0.3 is 4.42 Å². The summed E-state index contributed by atoms with van der Waals surface area (Å²) in [5.41, 5.74) is 3.38. The van der Waals surface area contributed by atoms with Crippen molar-refractivity contribution < 1.29 is 4.42 Å². The van der Waals surface area contributed by atoms with Gasteiger partial charge in [-0.1, -0.05) is 45.6 Å². The van der Waals surface area contributed by atoms with Gasteiger partial charge in [0.05, 0.1) is 0 Å². The largest absolute Gasteiger partial charge is 0.456 e. The predicted molar refractivity (Wildman–Crippen MR) is 122 cm³/mol. The van der Waals surface area contributed by atoms with Gasteiger partial charge >= 0.3 is 0 Å². The summed E-state index contributed by atoms with van der Waals surface area (Å²) in [5, 5.41) is 1.52. The molecule has 0 amide bonds. The molecule has 0 spiro atoms. The Morgan fingerprint density at radius 2 is 1.04 bits per heavy atom. The Morgan fingerprint density at radius 1 is 0.556 bits per heavy atom. The Labute approximate surface area is 171 Å². The molecule has 27 heavy (non-hydrogen) atoms. The quantitative estimate of drug-likeness (QED) is 0.346. The van der Waals surface area contributed by atoms with Crippen LogP contribution in [0.1, 0.15) is 0 Å². The first-order valence-electron chi connectivity index (χ1n) is 7.94. The second kappa shape index (κ2) is 6.38. The molecule has 4 rings (SSSR count). The molecule has 0 saturated carbocycles. The topological polar surface area (TPSA) is 13.1 Å². The van der Waals surface area contributed by atoms with Crippen molar-refractivity contribution in [3.63, 3.8) is 0 Å². The first kappa shape index (κ1) is 18.6. The molecule has 0 saturated heterocycles. The van der Waals surface area contributed by atoms with E-state index in [-0.39, 0.29) is 43.8 Å². The highest BCUT2D eigenvalue weighted by molar-refractivity contribution is 6.69. The standard InChI is InChI=1S/C18H4B7ClO/c19-10-7(5-1-3-6(26)4-2-5)17-8(11(20)13(10)22)9-12(21)14(23)15(24)16(25)18(9)27-17/h1-4H. The molecule has 14 radical (unpaired) electrons. The summed E-state index contributed by atoms with van der Waals surface area (Å²) < 4.78 is 6.04. The molecule has 9 heteroatoms. The van der Waals surface area contributed by atoms with Crippen molar-refractivity contribution in [3.8, 4) is 11.1 Å². The highest BCUT2D eigenvalue weighted by Crippen LogP contribution is 2.31. The lowest BCUT2D eigenvalue weighted by Crippen LogP contribution is -2.47. The summed E-state index contributed by atoms with van der Waals surface area (Å²) in [7, 11) is 43.0. The molecule has 0 aliphatic carbocycles.